The summed E-state index contributed by atoms with van der Waals surface area (Å²) >= 11 is 0. The number of carbonyl (C=O) groups is 1. The lowest BCUT2D eigenvalue weighted by atomic mass is 10.1. The topological polar surface area (TPSA) is 43.7 Å². The van der Waals surface area contributed by atoms with Gasteiger partial charge in [0.15, 0.2) is 0 Å². The molecule has 2 heterocycles. The van der Waals surface area contributed by atoms with E-state index in [1.54, 1.807) is 0 Å². The number of morpholine rings is 1. The first kappa shape index (κ1) is 14.1. The second kappa shape index (κ2) is 5.87. The van der Waals surface area contributed by atoms with Gasteiger partial charge in [-0.2, -0.15) is 0 Å². The maximum atomic E-state index is 11.7. The van der Waals surface area contributed by atoms with Gasteiger partial charge < -0.3 is 14.0 Å². The third-order valence-corrected chi connectivity index (χ3v) is 4.01. The van der Waals surface area contributed by atoms with Crippen molar-refractivity contribution in [3.63, 3.8) is 0 Å². The fraction of sp³-hybridized carbons (Fsp3) is 0.438. The number of rotatable bonds is 3. The predicted octanol–water partition coefficient (Wildman–Crippen LogP) is 1.80. The van der Waals surface area contributed by atoms with Crippen LogP contribution in [0.5, 0.6) is 0 Å². The van der Waals surface area contributed by atoms with E-state index in [0.717, 1.165) is 43.8 Å². The lowest BCUT2D eigenvalue weighted by molar-refractivity contribution is 0.0342. The Morgan fingerprint density at radius 2 is 2.05 bits per heavy atom. The molecular weight excluding hydrogens is 268 g/mol. The van der Waals surface area contributed by atoms with Gasteiger partial charge in [-0.3, -0.25) is 4.90 Å². The Bertz CT molecular complexity index is 657. The molecule has 0 aliphatic carbocycles. The van der Waals surface area contributed by atoms with Gasteiger partial charge in [-0.05, 0) is 17.7 Å². The Morgan fingerprint density at radius 3 is 2.76 bits per heavy atom. The summed E-state index contributed by atoms with van der Waals surface area (Å²) < 4.78 is 12.1. The molecule has 1 fully saturated rings. The van der Waals surface area contributed by atoms with E-state index in [0.29, 0.717) is 5.69 Å². The first-order valence-electron chi connectivity index (χ1n) is 7.16. The molecular formula is C16H20N2O3. The summed E-state index contributed by atoms with van der Waals surface area (Å²) in [7, 11) is 3.30. The molecule has 1 aliphatic rings. The molecule has 1 saturated heterocycles. The molecule has 1 aliphatic heterocycles. The minimum Gasteiger partial charge on any atom is -0.464 e. The number of methoxy groups -OCH3 is 1. The Morgan fingerprint density at radius 1 is 1.29 bits per heavy atom. The highest BCUT2D eigenvalue weighted by atomic mass is 16.5. The average Bonchev–Trinajstić information content (AvgIpc) is 2.84. The standard InChI is InChI=1S/C16H20N2O3/c1-17-14-9-12(11-18-5-7-21-8-6-18)3-4-13(14)10-15(17)16(19)20-2/h3-4,9-10H,5-8,11H2,1-2H3. The highest BCUT2D eigenvalue weighted by Gasteiger charge is 2.15. The molecule has 1 aromatic carbocycles. The van der Waals surface area contributed by atoms with E-state index in [2.05, 4.69) is 23.1 Å². The summed E-state index contributed by atoms with van der Waals surface area (Å²) in [6, 6.07) is 8.22. The second-order valence-electron chi connectivity index (χ2n) is 5.36. The van der Waals surface area contributed by atoms with Crippen molar-refractivity contribution < 1.29 is 14.3 Å². The Hall–Kier alpha value is -1.85. The number of hydrogen-bond donors (Lipinski definition) is 0. The van der Waals surface area contributed by atoms with Gasteiger partial charge >= 0.3 is 5.97 Å². The van der Waals surface area contributed by atoms with Crippen LogP contribution >= 0.6 is 0 Å². The molecule has 1 aromatic heterocycles. The molecule has 0 N–H and O–H groups in total. The fourth-order valence-electron chi connectivity index (χ4n) is 2.79. The zero-order valence-corrected chi connectivity index (χ0v) is 12.5. The Balaban J connectivity index is 1.88. The van der Waals surface area contributed by atoms with Crippen LogP contribution in [0.15, 0.2) is 24.3 Å². The Labute approximate surface area is 124 Å². The van der Waals surface area contributed by atoms with Crippen molar-refractivity contribution in [1.29, 1.82) is 0 Å². The predicted molar refractivity (Wildman–Crippen MR) is 80.4 cm³/mol. The van der Waals surface area contributed by atoms with Crippen LogP contribution in [0.1, 0.15) is 16.1 Å². The monoisotopic (exact) mass is 288 g/mol. The van der Waals surface area contributed by atoms with E-state index in [4.69, 9.17) is 9.47 Å². The average molecular weight is 288 g/mol. The lowest BCUT2D eigenvalue weighted by Gasteiger charge is -2.26. The van der Waals surface area contributed by atoms with Gasteiger partial charge in [-0.25, -0.2) is 4.79 Å². The third kappa shape index (κ3) is 2.80. The summed E-state index contributed by atoms with van der Waals surface area (Å²) in [6.45, 7) is 4.47. The molecule has 3 rings (SSSR count). The third-order valence-electron chi connectivity index (χ3n) is 4.01. The minimum absolute atomic E-state index is 0.302. The number of benzene rings is 1. The van der Waals surface area contributed by atoms with Gasteiger partial charge in [0.25, 0.3) is 0 Å². The van der Waals surface area contributed by atoms with E-state index < -0.39 is 0 Å². The number of hydrogen-bond acceptors (Lipinski definition) is 4. The summed E-state index contributed by atoms with van der Waals surface area (Å²) in [5.41, 5.74) is 2.89. The number of aromatic nitrogens is 1. The molecule has 0 saturated carbocycles. The van der Waals surface area contributed by atoms with Crippen molar-refractivity contribution in [3.8, 4) is 0 Å². The molecule has 0 atom stereocenters. The van der Waals surface area contributed by atoms with Crippen molar-refractivity contribution in [1.82, 2.24) is 9.47 Å². The largest absolute Gasteiger partial charge is 0.464 e. The molecule has 0 bridgehead atoms. The van der Waals surface area contributed by atoms with Crippen LogP contribution in [0.2, 0.25) is 0 Å². The van der Waals surface area contributed by atoms with Crippen LogP contribution in [0.3, 0.4) is 0 Å². The van der Waals surface area contributed by atoms with E-state index in [1.807, 2.05) is 17.7 Å². The van der Waals surface area contributed by atoms with E-state index in [1.165, 1.54) is 12.7 Å². The number of aryl methyl sites for hydroxylation is 1. The number of ether oxygens (including phenoxy) is 2. The highest BCUT2D eigenvalue weighted by Crippen LogP contribution is 2.21. The van der Waals surface area contributed by atoms with Crippen LogP contribution in [-0.2, 0) is 23.1 Å². The number of carbonyl (C=O) groups excluding carboxylic acids is 1. The molecule has 2 aromatic rings. The summed E-state index contributed by atoms with van der Waals surface area (Å²) in [5.74, 6) is -0.302. The number of esters is 1. The van der Waals surface area contributed by atoms with Gasteiger partial charge in [0.05, 0.1) is 20.3 Å². The number of nitrogens with zero attached hydrogens (tertiary/aromatic N) is 2. The quantitative estimate of drug-likeness (QED) is 0.808. The fourth-order valence-corrected chi connectivity index (χ4v) is 2.79. The minimum atomic E-state index is -0.302. The van der Waals surface area contributed by atoms with E-state index in [-0.39, 0.29) is 5.97 Å². The summed E-state index contributed by atoms with van der Waals surface area (Å²) in [4.78, 5) is 14.1. The van der Waals surface area contributed by atoms with Gasteiger partial charge in [-0.15, -0.1) is 0 Å². The van der Waals surface area contributed by atoms with Gasteiger partial charge in [0.1, 0.15) is 5.69 Å². The van der Waals surface area contributed by atoms with Crippen LogP contribution in [0, 0.1) is 0 Å². The number of fused-ring (bicyclic) bond motifs is 1. The Kier molecular flexibility index (Phi) is 3.94. The lowest BCUT2D eigenvalue weighted by Crippen LogP contribution is -2.35. The van der Waals surface area contributed by atoms with Gasteiger partial charge in [0.2, 0.25) is 0 Å². The first-order chi connectivity index (χ1) is 10.2. The van der Waals surface area contributed by atoms with Gasteiger partial charge in [-0.1, -0.05) is 12.1 Å². The molecule has 0 amide bonds. The zero-order valence-electron chi connectivity index (χ0n) is 12.5. The van der Waals surface area contributed by atoms with E-state index >= 15 is 0 Å². The maximum absolute atomic E-state index is 11.7. The molecule has 5 nitrogen and oxygen atoms in total. The molecule has 0 radical (unpaired) electrons. The van der Waals surface area contributed by atoms with E-state index in [9.17, 15) is 4.79 Å². The first-order valence-corrected chi connectivity index (χ1v) is 7.16. The van der Waals surface area contributed by atoms with Crippen LogP contribution in [0.25, 0.3) is 10.9 Å². The van der Waals surface area contributed by atoms with Crippen LogP contribution in [0.4, 0.5) is 0 Å². The van der Waals surface area contributed by atoms with Crippen molar-refractivity contribution >= 4 is 16.9 Å². The second-order valence-corrected chi connectivity index (χ2v) is 5.36. The molecule has 112 valence electrons. The molecule has 0 spiro atoms. The van der Waals surface area contributed by atoms with Crippen molar-refractivity contribution in [2.75, 3.05) is 33.4 Å². The normalized spacial score (nSPS) is 16.3. The van der Waals surface area contributed by atoms with Crippen LogP contribution in [-0.4, -0.2) is 48.8 Å². The highest BCUT2D eigenvalue weighted by molar-refractivity contribution is 5.95. The smallest absolute Gasteiger partial charge is 0.354 e. The molecule has 21 heavy (non-hydrogen) atoms. The molecule has 0 unspecified atom stereocenters. The zero-order chi connectivity index (χ0) is 14.8. The van der Waals surface area contributed by atoms with Crippen molar-refractivity contribution in [2.45, 2.75) is 6.54 Å². The molecule has 5 heteroatoms. The van der Waals surface area contributed by atoms with Crippen LogP contribution < -0.4 is 0 Å². The SMILES string of the molecule is COC(=O)c1cc2ccc(CN3CCOCC3)cc2n1C. The van der Waals surface area contributed by atoms with Crippen molar-refractivity contribution in [2.24, 2.45) is 7.05 Å². The van der Waals surface area contributed by atoms with Gasteiger partial charge in [0, 0.05) is 37.6 Å². The maximum Gasteiger partial charge on any atom is 0.354 e. The summed E-state index contributed by atoms with van der Waals surface area (Å²) in [5, 5.41) is 1.06. The summed E-state index contributed by atoms with van der Waals surface area (Å²) in [6.07, 6.45) is 0. The van der Waals surface area contributed by atoms with Crippen molar-refractivity contribution in [3.05, 3.63) is 35.5 Å².